The highest BCUT2D eigenvalue weighted by atomic mass is 32.1. The number of benzene rings is 2. The van der Waals surface area contributed by atoms with Gasteiger partial charge in [-0.3, -0.25) is 24.6 Å². The standard InChI is InChI=1S/C23H19N3O4S/c1-25-13-16(14-6-4-7-15(12-14)26(29)30)20(21(27)19-10-5-11-31-19)23(25)17-8-2-3-9-18(17)24-22(23)28/h2-12,16,20H,13H2,1H3,(H,24,28)/t16-,20-,23+/m1/s1. The first kappa shape index (κ1) is 19.6. The fourth-order valence-electron chi connectivity index (χ4n) is 5.14. The number of fused-ring (bicyclic) bond motifs is 2. The zero-order valence-corrected chi connectivity index (χ0v) is 17.5. The van der Waals surface area contributed by atoms with Crippen molar-refractivity contribution in [1.29, 1.82) is 0 Å². The summed E-state index contributed by atoms with van der Waals surface area (Å²) in [6.45, 7) is 0.421. The van der Waals surface area contributed by atoms with Gasteiger partial charge in [-0.1, -0.05) is 36.4 Å². The van der Waals surface area contributed by atoms with Gasteiger partial charge in [0.1, 0.15) is 5.54 Å². The Balaban J connectivity index is 1.72. The molecule has 3 heterocycles. The quantitative estimate of drug-likeness (QED) is 0.381. The number of hydrogen-bond acceptors (Lipinski definition) is 6. The highest BCUT2D eigenvalue weighted by Crippen LogP contribution is 2.55. The number of amides is 1. The molecule has 1 aromatic heterocycles. The maximum atomic E-state index is 13.8. The molecule has 1 fully saturated rings. The van der Waals surface area contributed by atoms with E-state index in [1.807, 2.05) is 47.7 Å². The molecule has 1 N–H and O–H groups in total. The number of ketones is 1. The third-order valence-corrected chi connectivity index (χ3v) is 7.30. The van der Waals surface area contributed by atoms with Crippen LogP contribution in [0.25, 0.3) is 0 Å². The van der Waals surface area contributed by atoms with E-state index in [0.29, 0.717) is 22.7 Å². The molecule has 1 amide bonds. The van der Waals surface area contributed by atoms with Crippen molar-refractivity contribution in [3.8, 4) is 0 Å². The van der Waals surface area contributed by atoms with Gasteiger partial charge < -0.3 is 5.32 Å². The van der Waals surface area contributed by atoms with Crippen LogP contribution in [0.15, 0.2) is 66.0 Å². The van der Waals surface area contributed by atoms with Gasteiger partial charge in [0.05, 0.1) is 15.7 Å². The molecule has 31 heavy (non-hydrogen) atoms. The third kappa shape index (κ3) is 2.75. The molecule has 0 bridgehead atoms. The van der Waals surface area contributed by atoms with Gasteiger partial charge in [-0.15, -0.1) is 11.3 Å². The molecule has 0 unspecified atom stereocenters. The fourth-order valence-corrected chi connectivity index (χ4v) is 5.84. The van der Waals surface area contributed by atoms with Crippen molar-refractivity contribution in [3.05, 3.63) is 92.2 Å². The Kier molecular flexibility index (Phi) is 4.49. The lowest BCUT2D eigenvalue weighted by Crippen LogP contribution is -2.51. The molecule has 0 radical (unpaired) electrons. The van der Waals surface area contributed by atoms with Crippen molar-refractivity contribution in [2.45, 2.75) is 11.5 Å². The van der Waals surface area contributed by atoms with E-state index < -0.39 is 16.4 Å². The zero-order chi connectivity index (χ0) is 21.8. The molecular formula is C23H19N3O4S. The molecule has 2 aliphatic heterocycles. The van der Waals surface area contributed by atoms with Crippen LogP contribution in [-0.2, 0) is 10.3 Å². The minimum absolute atomic E-state index is 0.0281. The molecule has 8 heteroatoms. The monoisotopic (exact) mass is 433 g/mol. The Morgan fingerprint density at radius 2 is 2.00 bits per heavy atom. The van der Waals surface area contributed by atoms with Gasteiger partial charge in [0, 0.05) is 35.8 Å². The van der Waals surface area contributed by atoms with Gasteiger partial charge in [0.15, 0.2) is 5.78 Å². The first-order valence-electron chi connectivity index (χ1n) is 9.89. The van der Waals surface area contributed by atoms with Crippen LogP contribution < -0.4 is 5.32 Å². The van der Waals surface area contributed by atoms with Crippen LogP contribution in [0, 0.1) is 16.0 Å². The number of nitrogens with zero attached hydrogens (tertiary/aromatic N) is 2. The Morgan fingerprint density at radius 3 is 2.74 bits per heavy atom. The lowest BCUT2D eigenvalue weighted by Gasteiger charge is -2.35. The lowest BCUT2D eigenvalue weighted by molar-refractivity contribution is -0.384. The zero-order valence-electron chi connectivity index (χ0n) is 16.6. The number of carbonyl (C=O) groups excluding carboxylic acids is 2. The largest absolute Gasteiger partial charge is 0.324 e. The molecule has 0 aliphatic carbocycles. The van der Waals surface area contributed by atoms with E-state index >= 15 is 0 Å². The van der Waals surface area contributed by atoms with E-state index in [9.17, 15) is 19.7 Å². The summed E-state index contributed by atoms with van der Waals surface area (Å²) in [6.07, 6.45) is 0. The summed E-state index contributed by atoms with van der Waals surface area (Å²) in [5.41, 5.74) is 0.950. The van der Waals surface area contributed by atoms with Crippen LogP contribution >= 0.6 is 11.3 Å². The number of carbonyl (C=O) groups is 2. The number of nitro groups is 1. The Bertz CT molecular complexity index is 1210. The second-order valence-electron chi connectivity index (χ2n) is 7.92. The molecule has 5 rings (SSSR count). The number of para-hydroxylation sites is 1. The number of non-ortho nitro benzene ring substituents is 1. The molecular weight excluding hydrogens is 414 g/mol. The number of hydrogen-bond donors (Lipinski definition) is 1. The molecule has 1 spiro atoms. The second kappa shape index (κ2) is 7.11. The number of anilines is 1. The minimum Gasteiger partial charge on any atom is -0.324 e. The van der Waals surface area contributed by atoms with E-state index in [-0.39, 0.29) is 23.3 Å². The molecule has 7 nitrogen and oxygen atoms in total. The fraction of sp³-hybridized carbons (Fsp3) is 0.217. The van der Waals surface area contributed by atoms with Crippen LogP contribution in [0.3, 0.4) is 0 Å². The summed E-state index contributed by atoms with van der Waals surface area (Å²) in [4.78, 5) is 40.8. The van der Waals surface area contributed by atoms with Crippen molar-refractivity contribution in [2.75, 3.05) is 18.9 Å². The number of nitrogens with one attached hydrogen (secondary N) is 1. The molecule has 3 atom stereocenters. The topological polar surface area (TPSA) is 92.5 Å². The minimum atomic E-state index is -1.17. The SMILES string of the molecule is CN1C[C@H](c2cccc([N+](=O)[O-])c2)[C@H](C(=O)c2cccs2)[C@@]12C(=O)Nc1ccccc12. The van der Waals surface area contributed by atoms with Crippen LogP contribution in [0.2, 0.25) is 0 Å². The van der Waals surface area contributed by atoms with Gasteiger partial charge in [-0.25, -0.2) is 0 Å². The van der Waals surface area contributed by atoms with Crippen molar-refractivity contribution in [3.63, 3.8) is 0 Å². The molecule has 0 saturated carbocycles. The Labute approximate surface area is 182 Å². The van der Waals surface area contributed by atoms with Crippen molar-refractivity contribution >= 4 is 34.4 Å². The number of nitro benzene ring substituents is 1. The number of Topliss-reactive ketones (excluding diaryl/α,β-unsaturated/α-hetero) is 1. The average molecular weight is 433 g/mol. The van der Waals surface area contributed by atoms with Crippen molar-refractivity contribution in [2.24, 2.45) is 5.92 Å². The first-order valence-corrected chi connectivity index (χ1v) is 10.8. The molecule has 3 aromatic rings. The van der Waals surface area contributed by atoms with Crippen LogP contribution in [0.5, 0.6) is 0 Å². The van der Waals surface area contributed by atoms with Gasteiger partial charge in [0.25, 0.3) is 5.69 Å². The van der Waals surface area contributed by atoms with Gasteiger partial charge >= 0.3 is 0 Å². The normalized spacial score (nSPS) is 24.9. The average Bonchev–Trinajstić information content (AvgIpc) is 3.47. The van der Waals surface area contributed by atoms with Crippen molar-refractivity contribution in [1.82, 2.24) is 4.90 Å². The first-order chi connectivity index (χ1) is 14.9. The summed E-state index contributed by atoms with van der Waals surface area (Å²) in [7, 11) is 1.84. The second-order valence-corrected chi connectivity index (χ2v) is 8.87. The highest BCUT2D eigenvalue weighted by Gasteiger charge is 2.64. The summed E-state index contributed by atoms with van der Waals surface area (Å²) in [6, 6.07) is 17.4. The molecule has 2 aliphatic rings. The van der Waals surface area contributed by atoms with E-state index in [1.165, 1.54) is 23.5 Å². The Morgan fingerprint density at radius 1 is 1.19 bits per heavy atom. The third-order valence-electron chi connectivity index (χ3n) is 6.41. The molecule has 156 valence electrons. The van der Waals surface area contributed by atoms with Gasteiger partial charge in [-0.2, -0.15) is 0 Å². The smallest absolute Gasteiger partial charge is 0.269 e. The van der Waals surface area contributed by atoms with E-state index in [1.54, 1.807) is 18.2 Å². The maximum Gasteiger partial charge on any atom is 0.269 e. The number of likely N-dealkylation sites (N-methyl/N-ethyl adjacent to an activating group) is 1. The van der Waals surface area contributed by atoms with Crippen molar-refractivity contribution < 1.29 is 14.5 Å². The maximum absolute atomic E-state index is 13.8. The Hall–Kier alpha value is -3.36. The van der Waals surface area contributed by atoms with E-state index in [0.717, 1.165) is 5.56 Å². The number of likely N-dealkylation sites (tertiary alicyclic amines) is 1. The van der Waals surface area contributed by atoms with E-state index in [4.69, 9.17) is 0 Å². The molecule has 2 aromatic carbocycles. The number of rotatable bonds is 4. The van der Waals surface area contributed by atoms with Gasteiger partial charge in [-0.05, 0) is 30.1 Å². The van der Waals surface area contributed by atoms with Gasteiger partial charge in [0.2, 0.25) is 5.91 Å². The lowest BCUT2D eigenvalue weighted by atomic mass is 9.71. The predicted octanol–water partition coefficient (Wildman–Crippen LogP) is 4.03. The highest BCUT2D eigenvalue weighted by molar-refractivity contribution is 7.12. The summed E-state index contributed by atoms with van der Waals surface area (Å²) >= 11 is 1.34. The summed E-state index contributed by atoms with van der Waals surface area (Å²) < 4.78 is 0. The summed E-state index contributed by atoms with van der Waals surface area (Å²) in [5, 5.41) is 16.2. The van der Waals surface area contributed by atoms with Crippen LogP contribution in [0.1, 0.15) is 26.7 Å². The number of thiophene rings is 1. The van der Waals surface area contributed by atoms with Crippen LogP contribution in [0.4, 0.5) is 11.4 Å². The predicted molar refractivity (Wildman–Crippen MR) is 117 cm³/mol. The summed E-state index contributed by atoms with van der Waals surface area (Å²) in [5.74, 6) is -1.46. The molecule has 1 saturated heterocycles. The van der Waals surface area contributed by atoms with E-state index in [2.05, 4.69) is 5.32 Å². The van der Waals surface area contributed by atoms with Crippen LogP contribution in [-0.4, -0.2) is 35.1 Å².